The highest BCUT2D eigenvalue weighted by atomic mass is 16.4. The molecule has 0 bridgehead atoms. The lowest BCUT2D eigenvalue weighted by Gasteiger charge is -2.33. The van der Waals surface area contributed by atoms with Gasteiger partial charge >= 0.3 is 5.97 Å². The number of hydrogen-bond acceptors (Lipinski definition) is 2. The summed E-state index contributed by atoms with van der Waals surface area (Å²) in [5.41, 5.74) is -0.159. The maximum absolute atomic E-state index is 11.8. The van der Waals surface area contributed by atoms with Gasteiger partial charge in [0.15, 0.2) is 0 Å². The average molecular weight is 241 g/mol. The molecule has 1 amide bonds. The van der Waals surface area contributed by atoms with Crippen LogP contribution >= 0.6 is 0 Å². The second-order valence-electron chi connectivity index (χ2n) is 6.90. The van der Waals surface area contributed by atoms with Gasteiger partial charge in [-0.1, -0.05) is 20.8 Å². The third kappa shape index (κ3) is 4.36. The van der Waals surface area contributed by atoms with Gasteiger partial charge in [0.1, 0.15) is 0 Å². The topological polar surface area (TPSA) is 66.4 Å². The highest BCUT2D eigenvalue weighted by Crippen LogP contribution is 2.39. The smallest absolute Gasteiger partial charge is 0.307 e. The van der Waals surface area contributed by atoms with Crippen LogP contribution in [0.15, 0.2) is 0 Å². The molecule has 0 aromatic carbocycles. The van der Waals surface area contributed by atoms with Crippen molar-refractivity contribution in [2.45, 2.75) is 53.0 Å². The second-order valence-corrected chi connectivity index (χ2v) is 6.90. The van der Waals surface area contributed by atoms with E-state index in [-0.39, 0.29) is 22.8 Å². The van der Waals surface area contributed by atoms with Gasteiger partial charge in [0.2, 0.25) is 5.91 Å². The van der Waals surface area contributed by atoms with Crippen molar-refractivity contribution in [2.75, 3.05) is 0 Å². The van der Waals surface area contributed by atoms with Crippen molar-refractivity contribution in [3.05, 3.63) is 0 Å². The number of carbonyl (C=O) groups is 2. The van der Waals surface area contributed by atoms with Crippen LogP contribution in [-0.2, 0) is 9.59 Å². The van der Waals surface area contributed by atoms with Crippen molar-refractivity contribution >= 4 is 11.9 Å². The number of rotatable bonds is 4. The van der Waals surface area contributed by atoms with E-state index in [1.807, 2.05) is 13.8 Å². The zero-order valence-electron chi connectivity index (χ0n) is 11.3. The molecule has 0 aromatic rings. The minimum Gasteiger partial charge on any atom is -0.481 e. The van der Waals surface area contributed by atoms with Crippen LogP contribution in [0.25, 0.3) is 0 Å². The summed E-state index contributed by atoms with van der Waals surface area (Å²) in [5, 5.41) is 11.7. The van der Waals surface area contributed by atoms with Crippen molar-refractivity contribution in [1.82, 2.24) is 5.32 Å². The van der Waals surface area contributed by atoms with Crippen molar-refractivity contribution in [3.8, 4) is 0 Å². The summed E-state index contributed by atoms with van der Waals surface area (Å²) in [7, 11) is 0. The number of carboxylic acid groups (broad SMARTS) is 1. The van der Waals surface area contributed by atoms with E-state index in [2.05, 4.69) is 26.1 Å². The molecule has 2 atom stereocenters. The Morgan fingerprint density at radius 2 is 1.71 bits per heavy atom. The molecular weight excluding hydrogens is 218 g/mol. The molecular formula is C13H23NO3. The molecule has 98 valence electrons. The van der Waals surface area contributed by atoms with Crippen LogP contribution in [0.1, 0.15) is 47.5 Å². The number of hydrogen-bond donors (Lipinski definition) is 2. The summed E-state index contributed by atoms with van der Waals surface area (Å²) >= 11 is 0. The van der Waals surface area contributed by atoms with E-state index < -0.39 is 11.9 Å². The summed E-state index contributed by atoms with van der Waals surface area (Å²) in [6, 6.07) is 0. The minimum atomic E-state index is -0.862. The van der Waals surface area contributed by atoms with Crippen LogP contribution < -0.4 is 5.32 Å². The van der Waals surface area contributed by atoms with Crippen molar-refractivity contribution in [2.24, 2.45) is 17.3 Å². The largest absolute Gasteiger partial charge is 0.481 e. The molecule has 1 fully saturated rings. The van der Waals surface area contributed by atoms with Crippen molar-refractivity contribution in [3.63, 3.8) is 0 Å². The second kappa shape index (κ2) is 4.31. The molecule has 1 aliphatic carbocycles. The lowest BCUT2D eigenvalue weighted by Crippen LogP contribution is -2.46. The predicted octanol–water partition coefficient (Wildman–Crippen LogP) is 2.04. The maximum Gasteiger partial charge on any atom is 0.307 e. The molecule has 0 aromatic heterocycles. The molecule has 2 N–H and O–H groups in total. The molecule has 17 heavy (non-hydrogen) atoms. The van der Waals surface area contributed by atoms with Gasteiger partial charge in [0.25, 0.3) is 0 Å². The Balaban J connectivity index is 2.49. The van der Waals surface area contributed by atoms with Gasteiger partial charge in [-0.05, 0) is 32.1 Å². The molecule has 1 rings (SSSR count). The molecule has 4 nitrogen and oxygen atoms in total. The fraction of sp³-hybridized carbons (Fsp3) is 0.846. The van der Waals surface area contributed by atoms with Crippen LogP contribution in [0.4, 0.5) is 0 Å². The predicted molar refractivity (Wildman–Crippen MR) is 65.5 cm³/mol. The van der Waals surface area contributed by atoms with E-state index in [0.717, 1.165) is 6.42 Å². The summed E-state index contributed by atoms with van der Waals surface area (Å²) in [6.07, 6.45) is 1.34. The van der Waals surface area contributed by atoms with Gasteiger partial charge in [-0.25, -0.2) is 0 Å². The SMILES string of the molecule is CC(C)(C)CC(C)(C)NC(=O)[C@@H]1C[C@@H]1C(=O)O. The Labute approximate surface area is 103 Å². The summed E-state index contributed by atoms with van der Waals surface area (Å²) < 4.78 is 0. The Hall–Kier alpha value is -1.06. The zero-order valence-corrected chi connectivity index (χ0v) is 11.3. The van der Waals surface area contributed by atoms with Crippen LogP contribution in [0.3, 0.4) is 0 Å². The van der Waals surface area contributed by atoms with Gasteiger partial charge in [-0.15, -0.1) is 0 Å². The van der Waals surface area contributed by atoms with E-state index in [1.165, 1.54) is 0 Å². The average Bonchev–Trinajstić information content (AvgIpc) is 2.74. The molecule has 0 aliphatic heterocycles. The van der Waals surface area contributed by atoms with E-state index in [1.54, 1.807) is 0 Å². The zero-order chi connectivity index (χ0) is 13.4. The van der Waals surface area contributed by atoms with Crippen LogP contribution in [0.2, 0.25) is 0 Å². The number of carbonyl (C=O) groups excluding carboxylic acids is 1. The third-order valence-corrected chi connectivity index (χ3v) is 2.88. The molecule has 0 radical (unpaired) electrons. The maximum atomic E-state index is 11.8. The van der Waals surface area contributed by atoms with Crippen molar-refractivity contribution in [1.29, 1.82) is 0 Å². The number of amides is 1. The lowest BCUT2D eigenvalue weighted by atomic mass is 9.81. The number of aliphatic carboxylic acids is 1. The summed E-state index contributed by atoms with van der Waals surface area (Å²) in [5.74, 6) is -1.78. The first-order valence-corrected chi connectivity index (χ1v) is 6.07. The van der Waals surface area contributed by atoms with E-state index in [9.17, 15) is 9.59 Å². The first-order chi connectivity index (χ1) is 7.52. The quantitative estimate of drug-likeness (QED) is 0.791. The van der Waals surface area contributed by atoms with E-state index in [0.29, 0.717) is 6.42 Å². The molecule has 1 aliphatic rings. The molecule has 0 heterocycles. The van der Waals surface area contributed by atoms with Gasteiger partial charge in [0.05, 0.1) is 11.8 Å². The lowest BCUT2D eigenvalue weighted by molar-refractivity contribution is -0.140. The first kappa shape index (κ1) is 14.0. The highest BCUT2D eigenvalue weighted by Gasteiger charge is 2.49. The van der Waals surface area contributed by atoms with E-state index in [4.69, 9.17) is 5.11 Å². The Kier molecular flexibility index (Phi) is 3.55. The highest BCUT2D eigenvalue weighted by molar-refractivity contribution is 5.89. The van der Waals surface area contributed by atoms with Gasteiger partial charge < -0.3 is 10.4 Å². The Bertz CT molecular complexity index is 328. The van der Waals surface area contributed by atoms with Crippen LogP contribution in [0, 0.1) is 17.3 Å². The number of carboxylic acids is 1. The summed E-state index contributed by atoms with van der Waals surface area (Å²) in [6.45, 7) is 10.3. The molecule has 1 saturated carbocycles. The molecule has 4 heteroatoms. The van der Waals surface area contributed by atoms with Gasteiger partial charge in [-0.3, -0.25) is 9.59 Å². The Morgan fingerprint density at radius 1 is 1.18 bits per heavy atom. The van der Waals surface area contributed by atoms with Gasteiger partial charge in [-0.2, -0.15) is 0 Å². The normalized spacial score (nSPS) is 24.3. The Morgan fingerprint density at radius 3 is 2.06 bits per heavy atom. The fourth-order valence-electron chi connectivity index (χ4n) is 2.55. The molecule has 0 spiro atoms. The van der Waals surface area contributed by atoms with Crippen LogP contribution in [-0.4, -0.2) is 22.5 Å². The monoisotopic (exact) mass is 241 g/mol. The fourth-order valence-corrected chi connectivity index (χ4v) is 2.55. The molecule has 0 unspecified atom stereocenters. The van der Waals surface area contributed by atoms with Gasteiger partial charge in [0, 0.05) is 5.54 Å². The standard InChI is InChI=1S/C13H23NO3/c1-12(2,3)7-13(4,5)14-10(15)8-6-9(8)11(16)17/h8-9H,6-7H2,1-5H3,(H,14,15)(H,16,17)/t8-,9+/m1/s1. The van der Waals surface area contributed by atoms with Crippen LogP contribution in [0.5, 0.6) is 0 Å². The summed E-state index contributed by atoms with van der Waals surface area (Å²) in [4.78, 5) is 22.5. The first-order valence-electron chi connectivity index (χ1n) is 6.07. The minimum absolute atomic E-state index is 0.119. The third-order valence-electron chi connectivity index (χ3n) is 2.88. The molecule has 0 saturated heterocycles. The number of nitrogens with one attached hydrogen (secondary N) is 1. The van der Waals surface area contributed by atoms with Crippen molar-refractivity contribution < 1.29 is 14.7 Å². The van der Waals surface area contributed by atoms with E-state index >= 15 is 0 Å².